The van der Waals surface area contributed by atoms with E-state index in [1.165, 1.54) is 10.9 Å². The SMILES string of the molecule is CCn1c2ccccc2c2cc(NC(=O)c3cc(Cl)ccc3Cl)ccc21. The topological polar surface area (TPSA) is 34.0 Å². The van der Waals surface area contributed by atoms with Crippen molar-refractivity contribution in [3.05, 3.63) is 76.3 Å². The highest BCUT2D eigenvalue weighted by atomic mass is 35.5. The zero-order chi connectivity index (χ0) is 18.3. The Hall–Kier alpha value is -2.49. The van der Waals surface area contributed by atoms with Gasteiger partial charge in [0.25, 0.3) is 5.91 Å². The Balaban J connectivity index is 1.77. The number of rotatable bonds is 3. The van der Waals surface area contributed by atoms with E-state index < -0.39 is 0 Å². The molecule has 0 radical (unpaired) electrons. The van der Waals surface area contributed by atoms with Crippen LogP contribution < -0.4 is 5.32 Å². The minimum atomic E-state index is -0.281. The van der Waals surface area contributed by atoms with Crippen molar-refractivity contribution in [3.63, 3.8) is 0 Å². The summed E-state index contributed by atoms with van der Waals surface area (Å²) in [7, 11) is 0. The molecular weight excluding hydrogens is 367 g/mol. The average Bonchev–Trinajstić information content (AvgIpc) is 2.97. The summed E-state index contributed by atoms with van der Waals surface area (Å²) in [5.41, 5.74) is 3.41. The standard InChI is InChI=1S/C21H16Cl2N2O/c1-2-25-19-6-4-3-5-15(19)16-12-14(8-10-20(16)25)24-21(26)17-11-13(22)7-9-18(17)23/h3-12H,2H2,1H3,(H,24,26). The van der Waals surface area contributed by atoms with E-state index in [2.05, 4.69) is 28.9 Å². The molecule has 1 amide bonds. The molecule has 5 heteroatoms. The number of nitrogens with zero attached hydrogens (tertiary/aromatic N) is 1. The Morgan fingerprint density at radius 3 is 2.54 bits per heavy atom. The minimum Gasteiger partial charge on any atom is -0.341 e. The zero-order valence-electron chi connectivity index (χ0n) is 14.1. The Kier molecular flexibility index (Phi) is 4.35. The van der Waals surface area contributed by atoms with E-state index in [-0.39, 0.29) is 5.91 Å². The molecule has 0 aliphatic heterocycles. The summed E-state index contributed by atoms with van der Waals surface area (Å²) < 4.78 is 2.27. The van der Waals surface area contributed by atoms with Gasteiger partial charge in [0.05, 0.1) is 10.6 Å². The Bertz CT molecular complexity index is 1150. The largest absolute Gasteiger partial charge is 0.341 e. The number of hydrogen-bond acceptors (Lipinski definition) is 1. The summed E-state index contributed by atoms with van der Waals surface area (Å²) in [6.45, 7) is 3.01. The van der Waals surface area contributed by atoms with E-state index in [1.54, 1.807) is 18.2 Å². The fraction of sp³-hybridized carbons (Fsp3) is 0.0952. The first-order valence-electron chi connectivity index (χ1n) is 8.36. The van der Waals surface area contributed by atoms with Crippen LogP contribution in [0.25, 0.3) is 21.8 Å². The fourth-order valence-electron chi connectivity index (χ4n) is 3.34. The highest BCUT2D eigenvalue weighted by Gasteiger charge is 2.14. The first kappa shape index (κ1) is 17.0. The van der Waals surface area contributed by atoms with Gasteiger partial charge in [0, 0.05) is 39.1 Å². The van der Waals surface area contributed by atoms with Gasteiger partial charge in [-0.2, -0.15) is 0 Å². The van der Waals surface area contributed by atoms with Crippen LogP contribution in [-0.2, 0) is 6.54 Å². The number of anilines is 1. The Labute approximate surface area is 161 Å². The van der Waals surface area contributed by atoms with E-state index in [4.69, 9.17) is 23.2 Å². The summed E-state index contributed by atoms with van der Waals surface area (Å²) >= 11 is 12.1. The normalized spacial score (nSPS) is 11.2. The van der Waals surface area contributed by atoms with Gasteiger partial charge >= 0.3 is 0 Å². The van der Waals surface area contributed by atoms with Crippen LogP contribution in [0.5, 0.6) is 0 Å². The van der Waals surface area contributed by atoms with Crippen LogP contribution in [0.3, 0.4) is 0 Å². The Morgan fingerprint density at radius 1 is 0.962 bits per heavy atom. The quantitative estimate of drug-likeness (QED) is 0.438. The fourth-order valence-corrected chi connectivity index (χ4v) is 3.72. The van der Waals surface area contributed by atoms with Crippen molar-refractivity contribution < 1.29 is 4.79 Å². The molecule has 4 aromatic rings. The lowest BCUT2D eigenvalue weighted by Crippen LogP contribution is -2.12. The van der Waals surface area contributed by atoms with Crippen LogP contribution in [-0.4, -0.2) is 10.5 Å². The minimum absolute atomic E-state index is 0.281. The first-order valence-corrected chi connectivity index (χ1v) is 9.11. The number of hydrogen-bond donors (Lipinski definition) is 1. The molecule has 0 spiro atoms. The molecule has 26 heavy (non-hydrogen) atoms. The lowest BCUT2D eigenvalue weighted by Gasteiger charge is -2.08. The number of nitrogens with one attached hydrogen (secondary N) is 1. The Morgan fingerprint density at radius 2 is 1.73 bits per heavy atom. The molecule has 1 heterocycles. The molecule has 3 nitrogen and oxygen atoms in total. The lowest BCUT2D eigenvalue weighted by atomic mass is 10.1. The monoisotopic (exact) mass is 382 g/mol. The van der Waals surface area contributed by atoms with Crippen molar-refractivity contribution in [2.45, 2.75) is 13.5 Å². The van der Waals surface area contributed by atoms with Gasteiger partial charge in [-0.25, -0.2) is 0 Å². The van der Waals surface area contributed by atoms with Gasteiger partial charge in [0.2, 0.25) is 0 Å². The molecule has 130 valence electrons. The van der Waals surface area contributed by atoms with Crippen molar-refractivity contribution in [1.82, 2.24) is 4.57 Å². The highest BCUT2D eigenvalue weighted by molar-refractivity contribution is 6.36. The highest BCUT2D eigenvalue weighted by Crippen LogP contribution is 2.31. The van der Waals surface area contributed by atoms with E-state index in [1.807, 2.05) is 30.3 Å². The van der Waals surface area contributed by atoms with Gasteiger partial charge in [-0.05, 0) is 49.4 Å². The summed E-state index contributed by atoms with van der Waals surface area (Å²) in [6, 6.07) is 19.1. The second kappa shape index (κ2) is 6.67. The van der Waals surface area contributed by atoms with Gasteiger partial charge in [0.1, 0.15) is 0 Å². The van der Waals surface area contributed by atoms with Crippen molar-refractivity contribution in [1.29, 1.82) is 0 Å². The molecule has 0 aliphatic carbocycles. The van der Waals surface area contributed by atoms with Crippen molar-refractivity contribution in [2.75, 3.05) is 5.32 Å². The lowest BCUT2D eigenvalue weighted by molar-refractivity contribution is 0.102. The molecule has 0 fully saturated rings. The maximum Gasteiger partial charge on any atom is 0.257 e. The third-order valence-corrected chi connectivity index (χ3v) is 5.08. The molecule has 3 aromatic carbocycles. The molecule has 1 N–H and O–H groups in total. The van der Waals surface area contributed by atoms with Crippen LogP contribution in [0.4, 0.5) is 5.69 Å². The van der Waals surface area contributed by atoms with Crippen molar-refractivity contribution in [2.24, 2.45) is 0 Å². The average molecular weight is 383 g/mol. The number of benzene rings is 3. The zero-order valence-corrected chi connectivity index (χ0v) is 15.6. The smallest absolute Gasteiger partial charge is 0.257 e. The summed E-state index contributed by atoms with van der Waals surface area (Å²) in [5, 5.41) is 6.04. The summed E-state index contributed by atoms with van der Waals surface area (Å²) in [6.07, 6.45) is 0. The van der Waals surface area contributed by atoms with Gasteiger partial charge < -0.3 is 9.88 Å². The number of para-hydroxylation sites is 1. The van der Waals surface area contributed by atoms with Crippen LogP contribution in [0.2, 0.25) is 10.0 Å². The van der Waals surface area contributed by atoms with Crippen molar-refractivity contribution in [3.8, 4) is 0 Å². The van der Waals surface area contributed by atoms with E-state index in [9.17, 15) is 4.79 Å². The molecule has 0 unspecified atom stereocenters. The number of halogens is 2. The van der Waals surface area contributed by atoms with Crippen molar-refractivity contribution >= 4 is 56.6 Å². The third-order valence-electron chi connectivity index (χ3n) is 4.52. The second-order valence-electron chi connectivity index (χ2n) is 6.07. The molecule has 0 aliphatic rings. The van der Waals surface area contributed by atoms with Crippen LogP contribution in [0.1, 0.15) is 17.3 Å². The van der Waals surface area contributed by atoms with Gasteiger partial charge in [-0.1, -0.05) is 41.4 Å². The molecule has 1 aromatic heterocycles. The van der Waals surface area contributed by atoms with Crippen LogP contribution in [0.15, 0.2) is 60.7 Å². The predicted octanol–water partition coefficient (Wildman–Crippen LogP) is 6.37. The maximum absolute atomic E-state index is 12.6. The number of carbonyl (C=O) groups is 1. The number of fused-ring (bicyclic) bond motifs is 3. The maximum atomic E-state index is 12.6. The molecule has 0 saturated heterocycles. The van der Waals surface area contributed by atoms with E-state index >= 15 is 0 Å². The van der Waals surface area contributed by atoms with Gasteiger partial charge in [0.15, 0.2) is 0 Å². The first-order chi connectivity index (χ1) is 12.6. The molecule has 0 bridgehead atoms. The number of carbonyl (C=O) groups excluding carboxylic acids is 1. The predicted molar refractivity (Wildman–Crippen MR) is 110 cm³/mol. The molecule has 4 rings (SSSR count). The molecule has 0 atom stereocenters. The summed E-state index contributed by atoms with van der Waals surface area (Å²) in [4.78, 5) is 12.6. The second-order valence-corrected chi connectivity index (χ2v) is 6.92. The summed E-state index contributed by atoms with van der Waals surface area (Å²) in [5.74, 6) is -0.281. The van der Waals surface area contributed by atoms with Gasteiger partial charge in [-0.15, -0.1) is 0 Å². The van der Waals surface area contributed by atoms with Crippen LogP contribution >= 0.6 is 23.2 Å². The number of aryl methyl sites for hydroxylation is 1. The number of aromatic nitrogens is 1. The molecule has 0 saturated carbocycles. The molecular formula is C21H16Cl2N2O. The third kappa shape index (κ3) is 2.83. The van der Waals surface area contributed by atoms with E-state index in [0.717, 1.165) is 23.1 Å². The van der Waals surface area contributed by atoms with Crippen LogP contribution in [0, 0.1) is 0 Å². The van der Waals surface area contributed by atoms with E-state index in [0.29, 0.717) is 15.6 Å². The number of amides is 1. The van der Waals surface area contributed by atoms with Gasteiger partial charge in [-0.3, -0.25) is 4.79 Å².